The standard InChI is InChI=1S/C20H22ClN3O3S2/c1-14-13-28-19-6-5-17(12-18(19)22-20(14)25)29(26,27)24-9-7-23(8-10-24)16-4-2-3-15(21)11-16/h2-6,11-12,14H,7-10,13H2,1H3,(H,22,25). The van der Waals surface area contributed by atoms with Gasteiger partial charge in [-0.2, -0.15) is 4.31 Å². The van der Waals surface area contributed by atoms with Crippen molar-refractivity contribution in [1.29, 1.82) is 0 Å². The zero-order valence-corrected chi connectivity index (χ0v) is 18.4. The quantitative estimate of drug-likeness (QED) is 0.773. The van der Waals surface area contributed by atoms with Crippen molar-refractivity contribution in [3.8, 4) is 0 Å². The van der Waals surface area contributed by atoms with E-state index in [1.807, 2.05) is 31.2 Å². The summed E-state index contributed by atoms with van der Waals surface area (Å²) in [7, 11) is -3.63. The van der Waals surface area contributed by atoms with Crippen molar-refractivity contribution in [3.05, 3.63) is 47.5 Å². The molecule has 1 N–H and O–H groups in total. The number of nitrogens with one attached hydrogen (secondary N) is 1. The van der Waals surface area contributed by atoms with E-state index in [9.17, 15) is 13.2 Å². The van der Waals surface area contributed by atoms with Crippen molar-refractivity contribution in [2.75, 3.05) is 42.1 Å². The molecule has 154 valence electrons. The number of carbonyl (C=O) groups excluding carboxylic acids is 1. The van der Waals surface area contributed by atoms with E-state index in [0.29, 0.717) is 42.6 Å². The molecule has 4 rings (SSSR count). The Balaban J connectivity index is 1.51. The summed E-state index contributed by atoms with van der Waals surface area (Å²) < 4.78 is 27.8. The molecule has 2 aromatic rings. The number of nitrogens with zero attached hydrogens (tertiary/aromatic N) is 2. The fourth-order valence-electron chi connectivity index (χ4n) is 3.45. The van der Waals surface area contributed by atoms with Gasteiger partial charge in [0.05, 0.1) is 10.6 Å². The number of rotatable bonds is 3. The van der Waals surface area contributed by atoms with Crippen LogP contribution in [-0.2, 0) is 14.8 Å². The van der Waals surface area contributed by atoms with Gasteiger partial charge < -0.3 is 10.2 Å². The Kier molecular flexibility index (Phi) is 5.79. The van der Waals surface area contributed by atoms with Crippen molar-refractivity contribution in [2.24, 2.45) is 5.92 Å². The van der Waals surface area contributed by atoms with E-state index in [-0.39, 0.29) is 16.7 Å². The van der Waals surface area contributed by atoms with E-state index >= 15 is 0 Å². The number of thioether (sulfide) groups is 1. The lowest BCUT2D eigenvalue weighted by molar-refractivity contribution is -0.118. The molecule has 0 bridgehead atoms. The zero-order valence-electron chi connectivity index (χ0n) is 16.0. The Morgan fingerprint density at radius 1 is 1.10 bits per heavy atom. The number of halogens is 1. The van der Waals surface area contributed by atoms with Gasteiger partial charge >= 0.3 is 0 Å². The van der Waals surface area contributed by atoms with Crippen molar-refractivity contribution >= 4 is 50.7 Å². The van der Waals surface area contributed by atoms with Gasteiger partial charge in [0, 0.05) is 53.5 Å². The van der Waals surface area contributed by atoms with Gasteiger partial charge in [0.15, 0.2) is 0 Å². The number of hydrogen-bond donors (Lipinski definition) is 1. The number of sulfonamides is 1. The molecule has 1 saturated heterocycles. The molecule has 1 fully saturated rings. The van der Waals surface area contributed by atoms with Gasteiger partial charge in [-0.25, -0.2) is 8.42 Å². The van der Waals surface area contributed by atoms with Gasteiger partial charge in [0.25, 0.3) is 0 Å². The Morgan fingerprint density at radius 2 is 1.86 bits per heavy atom. The highest BCUT2D eigenvalue weighted by atomic mass is 35.5. The maximum atomic E-state index is 13.2. The van der Waals surface area contributed by atoms with E-state index in [1.165, 1.54) is 4.31 Å². The molecule has 6 nitrogen and oxygen atoms in total. The minimum absolute atomic E-state index is 0.0825. The second-order valence-corrected chi connectivity index (χ2v) is 10.7. The zero-order chi connectivity index (χ0) is 20.6. The summed E-state index contributed by atoms with van der Waals surface area (Å²) in [6, 6.07) is 12.6. The van der Waals surface area contributed by atoms with Gasteiger partial charge in [0.2, 0.25) is 15.9 Å². The van der Waals surface area contributed by atoms with Gasteiger partial charge in [-0.05, 0) is 36.4 Å². The maximum absolute atomic E-state index is 13.2. The molecule has 0 saturated carbocycles. The number of amides is 1. The van der Waals surface area contributed by atoms with E-state index in [0.717, 1.165) is 10.6 Å². The summed E-state index contributed by atoms with van der Waals surface area (Å²) in [5.74, 6) is 0.476. The molecular weight excluding hydrogens is 430 g/mol. The monoisotopic (exact) mass is 451 g/mol. The van der Waals surface area contributed by atoms with Crippen molar-refractivity contribution < 1.29 is 13.2 Å². The molecule has 1 unspecified atom stereocenters. The van der Waals surface area contributed by atoms with Gasteiger partial charge in [-0.15, -0.1) is 11.8 Å². The Morgan fingerprint density at radius 3 is 2.59 bits per heavy atom. The first-order valence-electron chi connectivity index (χ1n) is 9.43. The lowest BCUT2D eigenvalue weighted by Crippen LogP contribution is -2.48. The molecule has 1 amide bonds. The lowest BCUT2D eigenvalue weighted by atomic mass is 10.2. The highest BCUT2D eigenvalue weighted by Gasteiger charge is 2.30. The predicted octanol–water partition coefficient (Wildman–Crippen LogP) is 3.53. The van der Waals surface area contributed by atoms with E-state index < -0.39 is 10.0 Å². The average molecular weight is 452 g/mol. The molecule has 1 atom stereocenters. The first-order chi connectivity index (χ1) is 13.8. The topological polar surface area (TPSA) is 69.7 Å². The van der Waals surface area contributed by atoms with Crippen LogP contribution in [0.3, 0.4) is 0 Å². The molecule has 2 aromatic carbocycles. The fourth-order valence-corrected chi connectivity index (χ4v) is 6.09. The third-order valence-corrected chi connectivity index (χ3v) is 8.66. The Hall–Kier alpha value is -1.74. The van der Waals surface area contributed by atoms with Crippen LogP contribution in [0.15, 0.2) is 52.3 Å². The van der Waals surface area contributed by atoms with Crippen LogP contribution in [0.1, 0.15) is 6.92 Å². The number of anilines is 2. The molecular formula is C20H22ClN3O3S2. The van der Waals surface area contributed by atoms with E-state index in [4.69, 9.17) is 11.6 Å². The molecule has 2 aliphatic heterocycles. The minimum Gasteiger partial charge on any atom is -0.369 e. The molecule has 9 heteroatoms. The minimum atomic E-state index is -3.63. The molecule has 0 aromatic heterocycles. The van der Waals surface area contributed by atoms with Crippen LogP contribution in [0, 0.1) is 5.92 Å². The van der Waals surface area contributed by atoms with Crippen LogP contribution in [-0.4, -0.2) is 50.6 Å². The van der Waals surface area contributed by atoms with Crippen LogP contribution >= 0.6 is 23.4 Å². The molecule has 0 radical (unpaired) electrons. The third kappa shape index (κ3) is 4.26. The van der Waals surface area contributed by atoms with Crippen LogP contribution < -0.4 is 10.2 Å². The maximum Gasteiger partial charge on any atom is 0.243 e. The third-order valence-electron chi connectivity index (χ3n) is 5.20. The molecule has 0 aliphatic carbocycles. The molecule has 29 heavy (non-hydrogen) atoms. The summed E-state index contributed by atoms with van der Waals surface area (Å²) in [5, 5.41) is 3.52. The summed E-state index contributed by atoms with van der Waals surface area (Å²) in [6.45, 7) is 3.84. The van der Waals surface area contributed by atoms with Gasteiger partial charge in [-0.1, -0.05) is 24.6 Å². The second-order valence-electron chi connectivity index (χ2n) is 7.23. The van der Waals surface area contributed by atoms with Gasteiger partial charge in [-0.3, -0.25) is 4.79 Å². The molecule has 2 aliphatic rings. The largest absolute Gasteiger partial charge is 0.369 e. The average Bonchev–Trinajstić information content (AvgIpc) is 2.86. The van der Waals surface area contributed by atoms with Crippen LogP contribution in [0.5, 0.6) is 0 Å². The summed E-state index contributed by atoms with van der Waals surface area (Å²) in [4.78, 5) is 15.4. The number of piperazine rings is 1. The normalized spacial score (nSPS) is 20.7. The van der Waals surface area contributed by atoms with E-state index in [2.05, 4.69) is 10.2 Å². The smallest absolute Gasteiger partial charge is 0.243 e. The number of carbonyl (C=O) groups is 1. The van der Waals surface area contributed by atoms with Crippen LogP contribution in [0.2, 0.25) is 5.02 Å². The second kappa shape index (κ2) is 8.18. The van der Waals surface area contributed by atoms with Crippen LogP contribution in [0.4, 0.5) is 11.4 Å². The molecule has 0 spiro atoms. The fraction of sp³-hybridized carbons (Fsp3) is 0.350. The van der Waals surface area contributed by atoms with Crippen molar-refractivity contribution in [3.63, 3.8) is 0 Å². The molecule has 2 heterocycles. The lowest BCUT2D eigenvalue weighted by Gasteiger charge is -2.35. The van der Waals surface area contributed by atoms with Crippen molar-refractivity contribution in [1.82, 2.24) is 4.31 Å². The number of hydrogen-bond acceptors (Lipinski definition) is 5. The van der Waals surface area contributed by atoms with Gasteiger partial charge in [0.1, 0.15) is 0 Å². The Bertz CT molecular complexity index is 1040. The predicted molar refractivity (Wildman–Crippen MR) is 117 cm³/mol. The number of fused-ring (bicyclic) bond motifs is 1. The first kappa shape index (κ1) is 20.5. The summed E-state index contributed by atoms with van der Waals surface area (Å²) in [6.07, 6.45) is 0. The SMILES string of the molecule is CC1CSc2ccc(S(=O)(=O)N3CCN(c4cccc(Cl)c4)CC3)cc2NC1=O. The highest BCUT2D eigenvalue weighted by Crippen LogP contribution is 2.35. The summed E-state index contributed by atoms with van der Waals surface area (Å²) in [5.41, 5.74) is 1.57. The summed E-state index contributed by atoms with van der Waals surface area (Å²) >= 11 is 7.64. The first-order valence-corrected chi connectivity index (χ1v) is 12.2. The Labute approximate surface area is 180 Å². The van der Waals surface area contributed by atoms with Crippen LogP contribution in [0.25, 0.3) is 0 Å². The highest BCUT2D eigenvalue weighted by molar-refractivity contribution is 7.99. The van der Waals surface area contributed by atoms with Crippen molar-refractivity contribution in [2.45, 2.75) is 16.7 Å². The van der Waals surface area contributed by atoms with E-state index in [1.54, 1.807) is 30.0 Å². The number of benzene rings is 2.